The van der Waals surface area contributed by atoms with Gasteiger partial charge >= 0.3 is 12.0 Å². The Labute approximate surface area is 165 Å². The number of nitrogens with zero attached hydrogens (tertiary/aromatic N) is 1. The summed E-state index contributed by atoms with van der Waals surface area (Å²) in [5.74, 6) is -0.469. The molecule has 6 nitrogen and oxygen atoms in total. The standard InChI is InChI=1S/C22H27N3O3/c1-15-10-11-17(13-16(15)2)23-18-7-6-12-25(14-18)22(27)24-20-9-5-4-8-19(20)21(26)28-3/h4-5,8-11,13,18,23H,6-7,12,14H2,1-3H3,(H,24,27)/t18-/m1/s1. The third-order valence-corrected chi connectivity index (χ3v) is 5.16. The second-order valence-corrected chi connectivity index (χ2v) is 7.20. The van der Waals surface area contributed by atoms with Crippen LogP contribution >= 0.6 is 0 Å². The predicted octanol–water partition coefficient (Wildman–Crippen LogP) is 4.20. The zero-order valence-corrected chi connectivity index (χ0v) is 16.6. The highest BCUT2D eigenvalue weighted by atomic mass is 16.5. The molecule has 0 aromatic heterocycles. The third-order valence-electron chi connectivity index (χ3n) is 5.16. The van der Waals surface area contributed by atoms with Crippen LogP contribution in [-0.2, 0) is 4.74 Å². The number of rotatable bonds is 4. The number of benzene rings is 2. The number of piperidine rings is 1. The number of hydrogen-bond acceptors (Lipinski definition) is 4. The summed E-state index contributed by atoms with van der Waals surface area (Å²) in [6, 6.07) is 13.2. The first-order valence-electron chi connectivity index (χ1n) is 9.55. The van der Waals surface area contributed by atoms with E-state index in [1.807, 2.05) is 0 Å². The predicted molar refractivity (Wildman–Crippen MR) is 111 cm³/mol. The molecule has 1 saturated heterocycles. The molecule has 0 bridgehead atoms. The highest BCUT2D eigenvalue weighted by molar-refractivity contribution is 6.00. The summed E-state index contributed by atoms with van der Waals surface area (Å²) in [6.45, 7) is 5.49. The van der Waals surface area contributed by atoms with Gasteiger partial charge in [0.1, 0.15) is 0 Å². The Balaban J connectivity index is 1.65. The fourth-order valence-electron chi connectivity index (χ4n) is 3.42. The summed E-state index contributed by atoms with van der Waals surface area (Å²) >= 11 is 0. The molecule has 0 saturated carbocycles. The van der Waals surface area contributed by atoms with Crippen molar-refractivity contribution in [3.05, 3.63) is 59.2 Å². The molecule has 1 aliphatic rings. The molecule has 148 valence electrons. The van der Waals surface area contributed by atoms with Crippen molar-refractivity contribution < 1.29 is 14.3 Å². The van der Waals surface area contributed by atoms with Crippen LogP contribution in [0.2, 0.25) is 0 Å². The van der Waals surface area contributed by atoms with Crippen LogP contribution in [-0.4, -0.2) is 43.1 Å². The number of methoxy groups -OCH3 is 1. The number of aryl methyl sites for hydroxylation is 2. The molecule has 1 fully saturated rings. The minimum absolute atomic E-state index is 0.192. The highest BCUT2D eigenvalue weighted by Crippen LogP contribution is 2.21. The Morgan fingerprint density at radius 3 is 2.64 bits per heavy atom. The topological polar surface area (TPSA) is 70.7 Å². The number of urea groups is 1. The van der Waals surface area contributed by atoms with Crippen molar-refractivity contribution >= 4 is 23.4 Å². The van der Waals surface area contributed by atoms with Crippen LogP contribution < -0.4 is 10.6 Å². The number of carbonyl (C=O) groups excluding carboxylic acids is 2. The lowest BCUT2D eigenvalue weighted by Crippen LogP contribution is -2.46. The van der Waals surface area contributed by atoms with Gasteiger partial charge in [-0.1, -0.05) is 18.2 Å². The molecule has 2 amide bonds. The molecule has 3 rings (SSSR count). The number of anilines is 2. The van der Waals surface area contributed by atoms with Gasteiger partial charge in [-0.15, -0.1) is 0 Å². The van der Waals surface area contributed by atoms with Gasteiger partial charge in [-0.05, 0) is 62.1 Å². The average Bonchev–Trinajstić information content (AvgIpc) is 2.71. The molecule has 2 aromatic carbocycles. The zero-order valence-electron chi connectivity index (χ0n) is 16.6. The fourth-order valence-corrected chi connectivity index (χ4v) is 3.42. The van der Waals surface area contributed by atoms with Gasteiger partial charge in [0.05, 0.1) is 18.4 Å². The quantitative estimate of drug-likeness (QED) is 0.779. The van der Waals surface area contributed by atoms with Gasteiger partial charge in [0, 0.05) is 24.8 Å². The number of hydrogen-bond donors (Lipinski definition) is 2. The monoisotopic (exact) mass is 381 g/mol. The molecule has 1 aliphatic heterocycles. The lowest BCUT2D eigenvalue weighted by Gasteiger charge is -2.34. The van der Waals surface area contributed by atoms with Crippen LogP contribution in [0.5, 0.6) is 0 Å². The number of likely N-dealkylation sites (tertiary alicyclic amines) is 1. The zero-order chi connectivity index (χ0) is 20.1. The number of amides is 2. The number of carbonyl (C=O) groups is 2. The Hall–Kier alpha value is -3.02. The SMILES string of the molecule is COC(=O)c1ccccc1NC(=O)N1CCC[C@@H](Nc2ccc(C)c(C)c2)C1. The highest BCUT2D eigenvalue weighted by Gasteiger charge is 2.24. The van der Waals surface area contributed by atoms with Gasteiger partial charge in [0.2, 0.25) is 0 Å². The minimum atomic E-state index is -0.469. The maximum absolute atomic E-state index is 12.8. The average molecular weight is 381 g/mol. The summed E-state index contributed by atoms with van der Waals surface area (Å²) < 4.78 is 4.79. The normalized spacial score (nSPS) is 16.4. The number of ether oxygens (including phenoxy) is 1. The molecule has 1 heterocycles. The first-order chi connectivity index (χ1) is 13.5. The number of esters is 1. The fraction of sp³-hybridized carbons (Fsp3) is 0.364. The van der Waals surface area contributed by atoms with Crippen LogP contribution in [0, 0.1) is 13.8 Å². The summed E-state index contributed by atoms with van der Waals surface area (Å²) in [7, 11) is 1.33. The first kappa shape index (κ1) is 19.7. The molecule has 1 atom stereocenters. The van der Waals surface area contributed by atoms with E-state index in [2.05, 4.69) is 42.7 Å². The first-order valence-corrected chi connectivity index (χ1v) is 9.55. The Morgan fingerprint density at radius 1 is 1.11 bits per heavy atom. The van der Waals surface area contributed by atoms with E-state index in [-0.39, 0.29) is 12.1 Å². The van der Waals surface area contributed by atoms with Crippen LogP contribution in [0.4, 0.5) is 16.2 Å². The van der Waals surface area contributed by atoms with Crippen molar-refractivity contribution in [1.82, 2.24) is 4.90 Å². The lowest BCUT2D eigenvalue weighted by atomic mass is 10.0. The van der Waals surface area contributed by atoms with Crippen molar-refractivity contribution in [1.29, 1.82) is 0 Å². The van der Waals surface area contributed by atoms with Crippen LogP contribution in [0.3, 0.4) is 0 Å². The summed E-state index contributed by atoms with van der Waals surface area (Å²) in [5, 5.41) is 6.40. The van der Waals surface area contributed by atoms with Gasteiger partial charge < -0.3 is 20.3 Å². The molecule has 2 N–H and O–H groups in total. The Morgan fingerprint density at radius 2 is 1.89 bits per heavy atom. The van der Waals surface area contributed by atoms with Gasteiger partial charge in [0.15, 0.2) is 0 Å². The van der Waals surface area contributed by atoms with Crippen molar-refractivity contribution in [2.24, 2.45) is 0 Å². The van der Waals surface area contributed by atoms with Gasteiger partial charge in [0.25, 0.3) is 0 Å². The van der Waals surface area contributed by atoms with E-state index in [9.17, 15) is 9.59 Å². The Bertz CT molecular complexity index is 866. The van der Waals surface area contributed by atoms with E-state index in [0.717, 1.165) is 18.5 Å². The van der Waals surface area contributed by atoms with Crippen LogP contribution in [0.25, 0.3) is 0 Å². The second kappa shape index (κ2) is 8.78. The summed E-state index contributed by atoms with van der Waals surface area (Å²) in [5.41, 5.74) is 4.39. The van der Waals surface area contributed by atoms with E-state index in [4.69, 9.17) is 4.74 Å². The number of para-hydroxylation sites is 1. The molecule has 6 heteroatoms. The molecular weight excluding hydrogens is 354 g/mol. The summed E-state index contributed by atoms with van der Waals surface area (Å²) in [6.07, 6.45) is 1.93. The molecular formula is C22H27N3O3. The third kappa shape index (κ3) is 4.63. The largest absolute Gasteiger partial charge is 0.465 e. The second-order valence-electron chi connectivity index (χ2n) is 7.20. The molecule has 2 aromatic rings. The van der Waals surface area contributed by atoms with Gasteiger partial charge in [-0.3, -0.25) is 0 Å². The maximum Gasteiger partial charge on any atom is 0.339 e. The van der Waals surface area contributed by atoms with E-state index in [1.165, 1.54) is 18.2 Å². The Kier molecular flexibility index (Phi) is 6.19. The molecule has 0 aliphatic carbocycles. The van der Waals surface area contributed by atoms with E-state index < -0.39 is 5.97 Å². The van der Waals surface area contributed by atoms with Crippen LogP contribution in [0.15, 0.2) is 42.5 Å². The van der Waals surface area contributed by atoms with Crippen LogP contribution in [0.1, 0.15) is 34.3 Å². The molecule has 0 unspecified atom stereocenters. The molecule has 28 heavy (non-hydrogen) atoms. The van der Waals surface area contributed by atoms with Gasteiger partial charge in [-0.2, -0.15) is 0 Å². The van der Waals surface area contributed by atoms with E-state index >= 15 is 0 Å². The summed E-state index contributed by atoms with van der Waals surface area (Å²) in [4.78, 5) is 26.5. The van der Waals surface area contributed by atoms with Crippen molar-refractivity contribution in [3.8, 4) is 0 Å². The molecule has 0 radical (unpaired) electrons. The van der Waals surface area contributed by atoms with Crippen molar-refractivity contribution in [2.45, 2.75) is 32.7 Å². The molecule has 0 spiro atoms. The maximum atomic E-state index is 12.8. The number of nitrogens with one attached hydrogen (secondary N) is 2. The van der Waals surface area contributed by atoms with E-state index in [0.29, 0.717) is 24.3 Å². The van der Waals surface area contributed by atoms with Crippen molar-refractivity contribution in [3.63, 3.8) is 0 Å². The minimum Gasteiger partial charge on any atom is -0.465 e. The van der Waals surface area contributed by atoms with Gasteiger partial charge in [-0.25, -0.2) is 9.59 Å². The smallest absolute Gasteiger partial charge is 0.339 e. The van der Waals surface area contributed by atoms with E-state index in [1.54, 1.807) is 29.2 Å². The lowest BCUT2D eigenvalue weighted by molar-refractivity contribution is 0.0602. The van der Waals surface area contributed by atoms with Crippen molar-refractivity contribution in [2.75, 3.05) is 30.8 Å².